The summed E-state index contributed by atoms with van der Waals surface area (Å²) in [6, 6.07) is 0.473. The fourth-order valence-corrected chi connectivity index (χ4v) is 1.81. The summed E-state index contributed by atoms with van der Waals surface area (Å²) in [5, 5.41) is 0. The van der Waals surface area contributed by atoms with Crippen LogP contribution in [0.3, 0.4) is 0 Å². The fraction of sp³-hybridized carbons (Fsp3) is 0.636. The van der Waals surface area contributed by atoms with Gasteiger partial charge in [-0.1, -0.05) is 0 Å². The minimum absolute atomic E-state index is 0.143. The van der Waals surface area contributed by atoms with Crippen LogP contribution in [0.5, 0.6) is 0 Å². The van der Waals surface area contributed by atoms with Crippen LogP contribution in [0, 0.1) is 0 Å². The SMILES string of the molecule is CC(C)N(C(=O)Cc1cnc[nH]1)C(C)C. The van der Waals surface area contributed by atoms with Crippen molar-refractivity contribution in [3.63, 3.8) is 0 Å². The van der Waals surface area contributed by atoms with Crippen molar-refractivity contribution in [2.24, 2.45) is 0 Å². The Bertz CT molecular complexity index is 296. The van der Waals surface area contributed by atoms with Gasteiger partial charge >= 0.3 is 0 Å². The van der Waals surface area contributed by atoms with E-state index in [1.54, 1.807) is 12.5 Å². The average molecular weight is 209 g/mol. The van der Waals surface area contributed by atoms with Crippen LogP contribution >= 0.6 is 0 Å². The minimum atomic E-state index is 0.143. The van der Waals surface area contributed by atoms with Gasteiger partial charge in [0, 0.05) is 24.0 Å². The molecule has 0 saturated heterocycles. The Balaban J connectivity index is 2.65. The Morgan fingerprint density at radius 2 is 2.00 bits per heavy atom. The molecule has 1 aromatic heterocycles. The lowest BCUT2D eigenvalue weighted by atomic mass is 10.2. The van der Waals surface area contributed by atoms with Crippen LogP contribution in [-0.4, -0.2) is 32.9 Å². The second kappa shape index (κ2) is 4.96. The molecule has 0 saturated carbocycles. The fourth-order valence-electron chi connectivity index (χ4n) is 1.81. The standard InChI is InChI=1S/C11H19N3O/c1-8(2)14(9(3)4)11(15)5-10-6-12-7-13-10/h6-9H,5H2,1-4H3,(H,12,13). The third kappa shape index (κ3) is 3.08. The second-order valence-electron chi connectivity index (χ2n) is 4.24. The zero-order valence-corrected chi connectivity index (χ0v) is 9.82. The van der Waals surface area contributed by atoms with Crippen LogP contribution in [0.2, 0.25) is 0 Å². The lowest BCUT2D eigenvalue weighted by Crippen LogP contribution is -2.42. The van der Waals surface area contributed by atoms with E-state index in [4.69, 9.17) is 0 Å². The van der Waals surface area contributed by atoms with Gasteiger partial charge in [0.1, 0.15) is 0 Å². The molecule has 0 fully saturated rings. The number of nitrogens with zero attached hydrogens (tertiary/aromatic N) is 2. The van der Waals surface area contributed by atoms with Crippen molar-refractivity contribution in [1.82, 2.24) is 14.9 Å². The molecule has 0 atom stereocenters. The van der Waals surface area contributed by atoms with Crippen molar-refractivity contribution < 1.29 is 4.79 Å². The minimum Gasteiger partial charge on any atom is -0.348 e. The Labute approximate surface area is 90.7 Å². The third-order valence-corrected chi connectivity index (χ3v) is 2.30. The van der Waals surface area contributed by atoms with Crippen LogP contribution in [0.25, 0.3) is 0 Å². The number of imidazole rings is 1. The Morgan fingerprint density at radius 3 is 2.40 bits per heavy atom. The lowest BCUT2D eigenvalue weighted by Gasteiger charge is -2.30. The monoisotopic (exact) mass is 209 g/mol. The summed E-state index contributed by atoms with van der Waals surface area (Å²) in [7, 11) is 0. The topological polar surface area (TPSA) is 49.0 Å². The van der Waals surface area contributed by atoms with E-state index in [0.29, 0.717) is 6.42 Å². The summed E-state index contributed by atoms with van der Waals surface area (Å²) in [6.45, 7) is 8.13. The Kier molecular flexibility index (Phi) is 3.88. The third-order valence-electron chi connectivity index (χ3n) is 2.30. The summed E-state index contributed by atoms with van der Waals surface area (Å²) in [4.78, 5) is 20.7. The molecule has 1 heterocycles. The van der Waals surface area contributed by atoms with Crippen molar-refractivity contribution in [3.8, 4) is 0 Å². The van der Waals surface area contributed by atoms with Gasteiger partial charge in [0.25, 0.3) is 0 Å². The lowest BCUT2D eigenvalue weighted by molar-refractivity contribution is -0.134. The summed E-state index contributed by atoms with van der Waals surface area (Å²) in [6.07, 6.45) is 3.69. The average Bonchev–Trinajstić information content (AvgIpc) is 2.54. The van der Waals surface area contributed by atoms with E-state index in [1.807, 2.05) is 32.6 Å². The largest absolute Gasteiger partial charge is 0.348 e. The molecule has 0 aliphatic heterocycles. The highest BCUT2D eigenvalue weighted by Crippen LogP contribution is 2.08. The molecule has 1 amide bonds. The molecule has 4 heteroatoms. The number of rotatable bonds is 4. The predicted molar refractivity (Wildman–Crippen MR) is 59.4 cm³/mol. The van der Waals surface area contributed by atoms with Crippen LogP contribution in [0.4, 0.5) is 0 Å². The molecule has 84 valence electrons. The molecule has 15 heavy (non-hydrogen) atoms. The first-order valence-corrected chi connectivity index (χ1v) is 5.30. The second-order valence-corrected chi connectivity index (χ2v) is 4.24. The van der Waals surface area contributed by atoms with E-state index in [1.165, 1.54) is 0 Å². The van der Waals surface area contributed by atoms with E-state index in [-0.39, 0.29) is 18.0 Å². The molecular formula is C11H19N3O. The van der Waals surface area contributed by atoms with Gasteiger partial charge in [0.05, 0.1) is 12.7 Å². The number of hydrogen-bond donors (Lipinski definition) is 1. The van der Waals surface area contributed by atoms with Gasteiger partial charge in [-0.2, -0.15) is 0 Å². The summed E-state index contributed by atoms with van der Waals surface area (Å²) >= 11 is 0. The number of carbonyl (C=O) groups is 1. The van der Waals surface area contributed by atoms with E-state index in [0.717, 1.165) is 5.69 Å². The molecule has 1 aromatic rings. The van der Waals surface area contributed by atoms with Crippen LogP contribution in [0.15, 0.2) is 12.5 Å². The first-order valence-electron chi connectivity index (χ1n) is 5.30. The number of nitrogens with one attached hydrogen (secondary N) is 1. The van der Waals surface area contributed by atoms with Crippen molar-refractivity contribution in [3.05, 3.63) is 18.2 Å². The van der Waals surface area contributed by atoms with Gasteiger partial charge in [-0.05, 0) is 27.7 Å². The maximum Gasteiger partial charge on any atom is 0.229 e. The van der Waals surface area contributed by atoms with E-state index < -0.39 is 0 Å². The maximum atomic E-state index is 12.0. The Morgan fingerprint density at radius 1 is 1.40 bits per heavy atom. The maximum absolute atomic E-state index is 12.0. The zero-order chi connectivity index (χ0) is 11.4. The van der Waals surface area contributed by atoms with Gasteiger partial charge in [0.15, 0.2) is 0 Å². The smallest absolute Gasteiger partial charge is 0.229 e. The van der Waals surface area contributed by atoms with E-state index in [9.17, 15) is 4.79 Å². The molecule has 0 spiro atoms. The number of carbonyl (C=O) groups excluding carboxylic acids is 1. The molecule has 0 bridgehead atoms. The first-order chi connectivity index (χ1) is 7.02. The number of H-pyrrole nitrogens is 1. The molecule has 0 unspecified atom stereocenters. The van der Waals surface area contributed by atoms with E-state index in [2.05, 4.69) is 9.97 Å². The summed E-state index contributed by atoms with van der Waals surface area (Å²) in [5.41, 5.74) is 0.867. The number of hydrogen-bond acceptors (Lipinski definition) is 2. The molecule has 1 N–H and O–H groups in total. The molecular weight excluding hydrogens is 190 g/mol. The first kappa shape index (κ1) is 11.8. The van der Waals surface area contributed by atoms with Gasteiger partial charge in [-0.3, -0.25) is 4.79 Å². The summed E-state index contributed by atoms with van der Waals surface area (Å²) < 4.78 is 0. The number of aromatic nitrogens is 2. The van der Waals surface area contributed by atoms with Crippen molar-refractivity contribution in [2.45, 2.75) is 46.2 Å². The van der Waals surface area contributed by atoms with Crippen LogP contribution in [-0.2, 0) is 11.2 Å². The van der Waals surface area contributed by atoms with E-state index >= 15 is 0 Å². The highest BCUT2D eigenvalue weighted by Gasteiger charge is 2.20. The summed E-state index contributed by atoms with van der Waals surface area (Å²) in [5.74, 6) is 0.143. The highest BCUT2D eigenvalue weighted by molar-refractivity contribution is 5.78. The highest BCUT2D eigenvalue weighted by atomic mass is 16.2. The number of aromatic amines is 1. The Hall–Kier alpha value is -1.32. The van der Waals surface area contributed by atoms with Gasteiger partial charge in [0.2, 0.25) is 5.91 Å². The van der Waals surface area contributed by atoms with Gasteiger partial charge in [-0.25, -0.2) is 4.98 Å². The molecule has 0 aliphatic rings. The predicted octanol–water partition coefficient (Wildman–Crippen LogP) is 1.60. The molecule has 1 rings (SSSR count). The van der Waals surface area contributed by atoms with Gasteiger partial charge in [-0.15, -0.1) is 0 Å². The molecule has 0 aliphatic carbocycles. The van der Waals surface area contributed by atoms with Crippen LogP contribution in [0.1, 0.15) is 33.4 Å². The van der Waals surface area contributed by atoms with Gasteiger partial charge < -0.3 is 9.88 Å². The normalized spacial score (nSPS) is 11.1. The quantitative estimate of drug-likeness (QED) is 0.818. The molecule has 4 nitrogen and oxygen atoms in total. The molecule has 0 aromatic carbocycles. The van der Waals surface area contributed by atoms with Crippen molar-refractivity contribution >= 4 is 5.91 Å². The van der Waals surface area contributed by atoms with Crippen molar-refractivity contribution in [2.75, 3.05) is 0 Å². The zero-order valence-electron chi connectivity index (χ0n) is 9.82. The molecule has 0 radical (unpaired) electrons. The van der Waals surface area contributed by atoms with Crippen LogP contribution < -0.4 is 0 Å². The van der Waals surface area contributed by atoms with Crippen molar-refractivity contribution in [1.29, 1.82) is 0 Å². The number of amides is 1.